The molecule has 0 amide bonds. The summed E-state index contributed by atoms with van der Waals surface area (Å²) in [5.74, 6) is -3.16. The van der Waals surface area contributed by atoms with Crippen LogP contribution in [0.3, 0.4) is 0 Å². The van der Waals surface area contributed by atoms with Crippen molar-refractivity contribution >= 4 is 11.9 Å². The first kappa shape index (κ1) is 31.3. The summed E-state index contributed by atoms with van der Waals surface area (Å²) in [5, 5.41) is 59.2. The molecule has 2 aliphatic rings. The van der Waals surface area contributed by atoms with Crippen molar-refractivity contribution in [1.29, 1.82) is 0 Å². The number of aromatic hydroxyl groups is 2. The number of hydrogen-bond acceptors (Lipinski definition) is 14. The molecule has 1 aromatic rings. The first-order valence-electron chi connectivity index (χ1n) is 12.3. The van der Waals surface area contributed by atoms with Gasteiger partial charge in [-0.2, -0.15) is 0 Å². The molecule has 222 valence electrons. The number of benzene rings is 1. The monoisotopic (exact) mass is 570 g/mol. The van der Waals surface area contributed by atoms with Gasteiger partial charge in [0, 0.05) is 18.6 Å². The fraction of sp³-hybridized carbons (Fsp3) is 0.538. The Morgan fingerprint density at radius 1 is 1.07 bits per heavy atom. The summed E-state index contributed by atoms with van der Waals surface area (Å²) in [6.07, 6.45) is -7.63. The van der Waals surface area contributed by atoms with Crippen LogP contribution in [0.15, 0.2) is 41.7 Å². The number of methoxy groups -OCH3 is 2. The third-order valence-corrected chi connectivity index (χ3v) is 6.65. The van der Waals surface area contributed by atoms with Gasteiger partial charge in [0.15, 0.2) is 17.8 Å². The zero-order chi connectivity index (χ0) is 29.6. The number of phenols is 2. The number of hydrogen-bond donors (Lipinski definition) is 6. The molecule has 1 saturated heterocycles. The van der Waals surface area contributed by atoms with Gasteiger partial charge in [0.2, 0.25) is 6.29 Å². The average Bonchev–Trinajstić information content (AvgIpc) is 2.95. The SMILES string of the molecule is CC=C1C(OC2OC(CO)C(O)C(O)C2O)OC=C(C(=O)OC)C1CC(=O)OCC(OC)c1ccc(O)c(O)c1. The van der Waals surface area contributed by atoms with Gasteiger partial charge < -0.3 is 59.1 Å². The topological polar surface area (TPSA) is 211 Å². The van der Waals surface area contributed by atoms with Gasteiger partial charge in [-0.25, -0.2) is 4.79 Å². The predicted octanol–water partition coefficient (Wildman–Crippen LogP) is -0.489. The van der Waals surface area contributed by atoms with E-state index < -0.39 is 67.6 Å². The van der Waals surface area contributed by atoms with Crippen LogP contribution in [0.4, 0.5) is 0 Å². The Bertz CT molecular complexity index is 1100. The maximum absolute atomic E-state index is 12.9. The van der Waals surface area contributed by atoms with Crippen molar-refractivity contribution in [3.05, 3.63) is 47.2 Å². The lowest BCUT2D eigenvalue weighted by Crippen LogP contribution is -2.60. The van der Waals surface area contributed by atoms with E-state index in [-0.39, 0.29) is 35.7 Å². The van der Waals surface area contributed by atoms with Crippen molar-refractivity contribution in [3.63, 3.8) is 0 Å². The van der Waals surface area contributed by atoms with Crippen molar-refractivity contribution in [1.82, 2.24) is 0 Å². The first-order valence-corrected chi connectivity index (χ1v) is 12.3. The average molecular weight is 571 g/mol. The van der Waals surface area contributed by atoms with Gasteiger partial charge >= 0.3 is 11.9 Å². The van der Waals surface area contributed by atoms with E-state index in [1.54, 1.807) is 6.92 Å². The number of esters is 2. The second-order valence-corrected chi connectivity index (χ2v) is 9.07. The summed E-state index contributed by atoms with van der Waals surface area (Å²) < 4.78 is 32.2. The van der Waals surface area contributed by atoms with E-state index in [4.69, 9.17) is 28.4 Å². The molecule has 1 aromatic carbocycles. The zero-order valence-electron chi connectivity index (χ0n) is 22.1. The molecule has 0 bridgehead atoms. The maximum Gasteiger partial charge on any atom is 0.337 e. The minimum Gasteiger partial charge on any atom is -0.504 e. The Morgan fingerprint density at radius 2 is 1.80 bits per heavy atom. The summed E-state index contributed by atoms with van der Waals surface area (Å²) in [6.45, 7) is 0.676. The highest BCUT2D eigenvalue weighted by Gasteiger charge is 2.47. The largest absolute Gasteiger partial charge is 0.504 e. The Labute approximate surface area is 229 Å². The number of rotatable bonds is 10. The number of allylic oxidation sites excluding steroid dienone is 1. The number of aliphatic hydroxyl groups is 4. The van der Waals surface area contributed by atoms with E-state index in [9.17, 15) is 40.2 Å². The number of ether oxygens (including phenoxy) is 6. The molecule has 40 heavy (non-hydrogen) atoms. The molecule has 8 unspecified atom stereocenters. The number of aliphatic hydroxyl groups excluding tert-OH is 4. The molecule has 8 atom stereocenters. The van der Waals surface area contributed by atoms with E-state index in [0.717, 1.165) is 13.4 Å². The fourth-order valence-electron chi connectivity index (χ4n) is 4.36. The van der Waals surface area contributed by atoms with Crippen LogP contribution < -0.4 is 0 Å². The van der Waals surface area contributed by atoms with Crippen LogP contribution in [-0.2, 0) is 38.0 Å². The lowest BCUT2D eigenvalue weighted by molar-refractivity contribution is -0.327. The Morgan fingerprint density at radius 3 is 2.40 bits per heavy atom. The summed E-state index contributed by atoms with van der Waals surface area (Å²) >= 11 is 0. The molecule has 0 aliphatic carbocycles. The van der Waals surface area contributed by atoms with Crippen molar-refractivity contribution in [2.45, 2.75) is 56.4 Å². The van der Waals surface area contributed by atoms with Crippen LogP contribution in [0.2, 0.25) is 0 Å². The molecule has 14 nitrogen and oxygen atoms in total. The van der Waals surface area contributed by atoms with E-state index >= 15 is 0 Å². The highest BCUT2D eigenvalue weighted by molar-refractivity contribution is 5.90. The van der Waals surface area contributed by atoms with Crippen LogP contribution in [0.1, 0.15) is 25.0 Å². The molecule has 2 aliphatic heterocycles. The Hall–Kier alpha value is -3.24. The molecule has 2 heterocycles. The van der Waals surface area contributed by atoms with E-state index in [0.29, 0.717) is 5.56 Å². The summed E-state index contributed by atoms with van der Waals surface area (Å²) in [5.41, 5.74) is 0.686. The minimum atomic E-state index is -1.71. The standard InChI is InChI=1S/C26H34O14/c1-4-13-14(8-20(30)37-11-19(35-2)12-5-6-16(28)17(29)7-12)15(24(34)36-3)10-38-25(13)40-26-23(33)22(32)21(31)18(9-27)39-26/h4-7,10,14,18-19,21-23,25-29,31-33H,8-9,11H2,1-3H3. The van der Waals surface area contributed by atoms with Crippen molar-refractivity contribution in [2.75, 3.05) is 27.4 Å². The maximum atomic E-state index is 12.9. The van der Waals surface area contributed by atoms with Crippen molar-refractivity contribution < 1.29 is 68.6 Å². The second-order valence-electron chi connectivity index (χ2n) is 9.07. The van der Waals surface area contributed by atoms with Gasteiger partial charge in [0.05, 0.1) is 32.0 Å². The molecule has 0 radical (unpaired) electrons. The minimum absolute atomic E-state index is 0.0204. The number of carbonyl (C=O) groups excluding carboxylic acids is 2. The third-order valence-electron chi connectivity index (χ3n) is 6.65. The Kier molecular flexibility index (Phi) is 10.9. The number of carbonyl (C=O) groups is 2. The quantitative estimate of drug-likeness (QED) is 0.119. The summed E-state index contributed by atoms with van der Waals surface area (Å²) in [4.78, 5) is 25.4. The molecular weight excluding hydrogens is 536 g/mol. The van der Waals surface area contributed by atoms with Gasteiger partial charge in [-0.05, 0) is 24.6 Å². The predicted molar refractivity (Wildman–Crippen MR) is 132 cm³/mol. The highest BCUT2D eigenvalue weighted by Crippen LogP contribution is 2.36. The van der Waals surface area contributed by atoms with E-state index in [2.05, 4.69) is 0 Å². The molecule has 1 fully saturated rings. The van der Waals surface area contributed by atoms with Gasteiger partial charge in [-0.3, -0.25) is 4.79 Å². The van der Waals surface area contributed by atoms with E-state index in [1.807, 2.05) is 0 Å². The third kappa shape index (κ3) is 6.90. The zero-order valence-corrected chi connectivity index (χ0v) is 22.1. The molecule has 0 saturated carbocycles. The number of phenolic OH excluding ortho intramolecular Hbond substituents is 2. The molecule has 3 rings (SSSR count). The smallest absolute Gasteiger partial charge is 0.337 e. The molecule has 6 N–H and O–H groups in total. The summed E-state index contributed by atoms with van der Waals surface area (Å²) in [6, 6.07) is 4.03. The highest BCUT2D eigenvalue weighted by atomic mass is 16.8. The molecule has 0 aromatic heterocycles. The van der Waals surface area contributed by atoms with Crippen LogP contribution in [0.25, 0.3) is 0 Å². The first-order chi connectivity index (χ1) is 19.1. The molecule has 0 spiro atoms. The molecular formula is C26H34O14. The normalized spacial score (nSPS) is 30.2. The van der Waals surface area contributed by atoms with Crippen LogP contribution in [0.5, 0.6) is 11.5 Å². The van der Waals surface area contributed by atoms with Gasteiger partial charge in [0.25, 0.3) is 0 Å². The van der Waals surface area contributed by atoms with Crippen molar-refractivity contribution in [2.24, 2.45) is 5.92 Å². The van der Waals surface area contributed by atoms with E-state index in [1.165, 1.54) is 31.4 Å². The lowest BCUT2D eigenvalue weighted by atomic mass is 9.86. The molecule has 14 heteroatoms. The van der Waals surface area contributed by atoms with Gasteiger partial charge in [-0.15, -0.1) is 0 Å². The van der Waals surface area contributed by atoms with Gasteiger partial charge in [-0.1, -0.05) is 12.1 Å². The van der Waals surface area contributed by atoms with Crippen LogP contribution in [0, 0.1) is 5.92 Å². The lowest BCUT2D eigenvalue weighted by Gasteiger charge is -2.41. The Balaban J connectivity index is 1.75. The fourth-order valence-corrected chi connectivity index (χ4v) is 4.36. The van der Waals surface area contributed by atoms with Crippen molar-refractivity contribution in [3.8, 4) is 11.5 Å². The van der Waals surface area contributed by atoms with Gasteiger partial charge in [0.1, 0.15) is 37.1 Å². The second kappa shape index (κ2) is 13.9. The summed E-state index contributed by atoms with van der Waals surface area (Å²) in [7, 11) is 2.53. The van der Waals surface area contributed by atoms with Crippen LogP contribution >= 0.6 is 0 Å². The van der Waals surface area contributed by atoms with Crippen LogP contribution in [-0.4, -0.2) is 107 Å².